The van der Waals surface area contributed by atoms with Crippen molar-refractivity contribution in [2.24, 2.45) is 5.73 Å². The molecule has 0 heterocycles. The molecular formula is C16H27ClN2O3S. The lowest BCUT2D eigenvalue weighted by Gasteiger charge is -2.23. The van der Waals surface area contributed by atoms with Crippen molar-refractivity contribution < 1.29 is 13.7 Å². The fourth-order valence-electron chi connectivity index (χ4n) is 2.08. The zero-order valence-electron chi connectivity index (χ0n) is 14.0. The van der Waals surface area contributed by atoms with E-state index in [2.05, 4.69) is 5.32 Å². The summed E-state index contributed by atoms with van der Waals surface area (Å²) in [6, 6.07) is 7.38. The third-order valence-electron chi connectivity index (χ3n) is 3.32. The predicted octanol–water partition coefficient (Wildman–Crippen LogP) is 2.46. The van der Waals surface area contributed by atoms with Gasteiger partial charge in [-0.3, -0.25) is 9.00 Å². The molecule has 0 spiro atoms. The molecule has 0 aliphatic heterocycles. The highest BCUT2D eigenvalue weighted by Gasteiger charge is 2.27. The number of nitrogens with one attached hydrogen (secondary N) is 1. The lowest BCUT2D eigenvalue weighted by molar-refractivity contribution is -0.120. The Morgan fingerprint density at radius 2 is 2.13 bits per heavy atom. The Bertz CT molecular complexity index is 524. The third kappa shape index (κ3) is 7.92. The van der Waals surface area contributed by atoms with Gasteiger partial charge < -0.3 is 15.8 Å². The van der Waals surface area contributed by atoms with Gasteiger partial charge in [-0.1, -0.05) is 25.5 Å². The standard InChI is InChI=1S/C16H26N2O3S.ClH/c1-4-8-16(2,17)15(19)18-14-7-5-6-13(11-14)12-22(20)10-9-21-3;/h5-7,11H,4,8-10,12,17H2,1-3H3,(H,18,19);1H. The molecule has 1 aromatic rings. The molecule has 0 aliphatic rings. The Morgan fingerprint density at radius 1 is 1.43 bits per heavy atom. The van der Waals surface area contributed by atoms with E-state index in [1.165, 1.54) is 0 Å². The minimum Gasteiger partial charge on any atom is -0.384 e. The van der Waals surface area contributed by atoms with Gasteiger partial charge in [0.1, 0.15) is 0 Å². The molecule has 1 amide bonds. The van der Waals surface area contributed by atoms with Gasteiger partial charge in [-0.2, -0.15) is 0 Å². The lowest BCUT2D eigenvalue weighted by atomic mass is 9.96. The van der Waals surface area contributed by atoms with Crippen molar-refractivity contribution in [2.45, 2.75) is 38.0 Å². The molecule has 23 heavy (non-hydrogen) atoms. The summed E-state index contributed by atoms with van der Waals surface area (Å²) in [6.45, 7) is 4.20. The van der Waals surface area contributed by atoms with Crippen LogP contribution in [-0.4, -0.2) is 35.1 Å². The zero-order valence-corrected chi connectivity index (χ0v) is 15.6. The highest BCUT2D eigenvalue weighted by molar-refractivity contribution is 7.84. The van der Waals surface area contributed by atoms with Crippen LogP contribution < -0.4 is 11.1 Å². The predicted molar refractivity (Wildman–Crippen MR) is 98.4 cm³/mol. The Labute approximate surface area is 147 Å². The largest absolute Gasteiger partial charge is 0.384 e. The molecule has 2 unspecified atom stereocenters. The number of halogens is 1. The Hall–Kier alpha value is -0.950. The summed E-state index contributed by atoms with van der Waals surface area (Å²) in [5, 5.41) is 2.84. The molecule has 2 atom stereocenters. The van der Waals surface area contributed by atoms with Gasteiger partial charge in [-0.25, -0.2) is 0 Å². The van der Waals surface area contributed by atoms with E-state index in [4.69, 9.17) is 10.5 Å². The number of amides is 1. The van der Waals surface area contributed by atoms with Crippen molar-refractivity contribution in [3.8, 4) is 0 Å². The number of hydrogen-bond donors (Lipinski definition) is 2. The maximum Gasteiger partial charge on any atom is 0.244 e. The van der Waals surface area contributed by atoms with Gasteiger partial charge in [0.15, 0.2) is 0 Å². The molecule has 5 nitrogen and oxygen atoms in total. The monoisotopic (exact) mass is 362 g/mol. The maximum atomic E-state index is 12.2. The number of hydrogen-bond acceptors (Lipinski definition) is 4. The maximum absolute atomic E-state index is 12.2. The first kappa shape index (κ1) is 22.1. The topological polar surface area (TPSA) is 81.4 Å². The van der Waals surface area contributed by atoms with E-state index in [9.17, 15) is 9.00 Å². The molecule has 1 rings (SSSR count). The van der Waals surface area contributed by atoms with Gasteiger partial charge in [0.25, 0.3) is 0 Å². The van der Waals surface area contributed by atoms with Crippen LogP contribution in [0.2, 0.25) is 0 Å². The minimum atomic E-state index is -0.974. The second-order valence-corrected chi connectivity index (χ2v) is 7.18. The van der Waals surface area contributed by atoms with E-state index in [0.717, 1.165) is 12.0 Å². The van der Waals surface area contributed by atoms with Crippen LogP contribution >= 0.6 is 12.4 Å². The molecule has 0 aliphatic carbocycles. The Morgan fingerprint density at radius 3 is 2.74 bits per heavy atom. The Kier molecular flexibility index (Phi) is 10.3. The van der Waals surface area contributed by atoms with E-state index in [-0.39, 0.29) is 18.3 Å². The number of benzene rings is 1. The number of rotatable bonds is 9. The number of methoxy groups -OCH3 is 1. The number of nitrogens with two attached hydrogens (primary N) is 1. The van der Waals surface area contributed by atoms with Crippen LogP contribution in [0.3, 0.4) is 0 Å². The van der Waals surface area contributed by atoms with E-state index >= 15 is 0 Å². The van der Waals surface area contributed by atoms with Gasteiger partial charge in [0.05, 0.1) is 12.1 Å². The van der Waals surface area contributed by atoms with Gasteiger partial charge in [-0.05, 0) is 31.0 Å². The fraction of sp³-hybridized carbons (Fsp3) is 0.562. The SMILES string of the molecule is CCCC(C)(N)C(=O)Nc1cccc(CS(=O)CCOC)c1.Cl. The van der Waals surface area contributed by atoms with Gasteiger partial charge in [-0.15, -0.1) is 12.4 Å². The molecule has 0 saturated carbocycles. The van der Waals surface area contributed by atoms with Crippen LogP contribution in [0.4, 0.5) is 5.69 Å². The van der Waals surface area contributed by atoms with Gasteiger partial charge in [0, 0.05) is 35.1 Å². The van der Waals surface area contributed by atoms with Crippen LogP contribution in [0, 0.1) is 0 Å². The molecule has 0 aromatic heterocycles. The van der Waals surface area contributed by atoms with E-state index < -0.39 is 16.3 Å². The van der Waals surface area contributed by atoms with Crippen LogP contribution in [0.15, 0.2) is 24.3 Å². The van der Waals surface area contributed by atoms with E-state index in [1.807, 2.05) is 31.2 Å². The number of ether oxygens (including phenoxy) is 1. The quantitative estimate of drug-likeness (QED) is 0.707. The van der Waals surface area contributed by atoms with Crippen LogP contribution in [0.1, 0.15) is 32.3 Å². The average molecular weight is 363 g/mol. The first-order valence-electron chi connectivity index (χ1n) is 7.42. The number of carbonyl (C=O) groups is 1. The van der Waals surface area contributed by atoms with Gasteiger partial charge in [0.2, 0.25) is 5.91 Å². The van der Waals surface area contributed by atoms with Crippen molar-refractivity contribution >= 4 is 34.8 Å². The fourth-order valence-corrected chi connectivity index (χ4v) is 3.13. The van der Waals surface area contributed by atoms with Crippen LogP contribution in [-0.2, 0) is 26.1 Å². The van der Waals surface area contributed by atoms with E-state index in [1.54, 1.807) is 14.0 Å². The summed E-state index contributed by atoms with van der Waals surface area (Å²) < 4.78 is 16.8. The highest BCUT2D eigenvalue weighted by Crippen LogP contribution is 2.16. The molecule has 1 aromatic carbocycles. The molecule has 7 heteroatoms. The van der Waals surface area contributed by atoms with Crippen molar-refractivity contribution in [3.05, 3.63) is 29.8 Å². The van der Waals surface area contributed by atoms with Crippen molar-refractivity contribution in [2.75, 3.05) is 24.8 Å². The van der Waals surface area contributed by atoms with Crippen molar-refractivity contribution in [1.82, 2.24) is 0 Å². The zero-order chi connectivity index (χ0) is 16.6. The van der Waals surface area contributed by atoms with Crippen molar-refractivity contribution in [3.63, 3.8) is 0 Å². The third-order valence-corrected chi connectivity index (χ3v) is 4.59. The molecular weight excluding hydrogens is 336 g/mol. The summed E-state index contributed by atoms with van der Waals surface area (Å²) in [7, 11) is 0.616. The first-order chi connectivity index (χ1) is 10.4. The highest BCUT2D eigenvalue weighted by atomic mass is 35.5. The summed E-state index contributed by atoms with van der Waals surface area (Å²) in [4.78, 5) is 12.2. The normalized spacial score (nSPS) is 14.4. The number of carbonyl (C=O) groups excluding carboxylic acids is 1. The molecule has 0 fully saturated rings. The van der Waals surface area contributed by atoms with Crippen LogP contribution in [0.5, 0.6) is 0 Å². The average Bonchev–Trinajstić information content (AvgIpc) is 2.45. The van der Waals surface area contributed by atoms with Crippen molar-refractivity contribution in [1.29, 1.82) is 0 Å². The molecule has 132 valence electrons. The second-order valence-electron chi connectivity index (χ2n) is 5.60. The van der Waals surface area contributed by atoms with E-state index in [0.29, 0.717) is 30.2 Å². The summed E-state index contributed by atoms with van der Waals surface area (Å²) >= 11 is 0. The first-order valence-corrected chi connectivity index (χ1v) is 8.91. The Balaban J connectivity index is 0.00000484. The van der Waals surface area contributed by atoms with Crippen LogP contribution in [0.25, 0.3) is 0 Å². The smallest absolute Gasteiger partial charge is 0.244 e. The summed E-state index contributed by atoms with van der Waals surface area (Å²) in [6.07, 6.45) is 1.47. The second kappa shape index (κ2) is 10.8. The lowest BCUT2D eigenvalue weighted by Crippen LogP contribution is -2.48. The van der Waals surface area contributed by atoms with Gasteiger partial charge >= 0.3 is 0 Å². The molecule has 3 N–H and O–H groups in total. The minimum absolute atomic E-state index is 0. The molecule has 0 bridgehead atoms. The molecule has 0 saturated heterocycles. The molecule has 0 radical (unpaired) electrons. The summed E-state index contributed by atoms with van der Waals surface area (Å²) in [5.41, 5.74) is 6.73. The number of anilines is 1. The summed E-state index contributed by atoms with van der Waals surface area (Å²) in [5.74, 6) is 0.749.